The number of hydrogen-bond donors (Lipinski definition) is 0. The zero-order valence-electron chi connectivity index (χ0n) is 17.1. The first-order valence-electron chi connectivity index (χ1n) is 10.3. The third-order valence-corrected chi connectivity index (χ3v) is 5.81. The van der Waals surface area contributed by atoms with Gasteiger partial charge in [0.2, 0.25) is 5.91 Å². The van der Waals surface area contributed by atoms with Crippen LogP contribution in [-0.2, 0) is 29.4 Å². The molecule has 2 atom stereocenters. The number of likely N-dealkylation sites (tertiary alicyclic amines) is 1. The molecule has 1 aromatic carbocycles. The average molecular weight is 396 g/mol. The monoisotopic (exact) mass is 396 g/mol. The number of aryl methyl sites for hydroxylation is 2. The molecule has 2 aromatic rings. The Bertz CT molecular complexity index is 879. The molecule has 0 unspecified atom stereocenters. The second-order valence-electron chi connectivity index (χ2n) is 7.84. The average Bonchev–Trinajstić information content (AvgIpc) is 3.31. The Morgan fingerprint density at radius 1 is 1.21 bits per heavy atom. The fourth-order valence-corrected chi connectivity index (χ4v) is 4.28. The Labute approximate surface area is 171 Å². The Morgan fingerprint density at radius 3 is 2.76 bits per heavy atom. The van der Waals surface area contributed by atoms with Crippen molar-refractivity contribution in [1.82, 2.24) is 19.6 Å². The zero-order chi connectivity index (χ0) is 20.4. The predicted octanol–water partition coefficient (Wildman–Crippen LogP) is 1.67. The van der Waals surface area contributed by atoms with Crippen molar-refractivity contribution in [2.24, 2.45) is 7.05 Å². The van der Waals surface area contributed by atoms with E-state index in [9.17, 15) is 9.59 Å². The Kier molecular flexibility index (Phi) is 5.67. The van der Waals surface area contributed by atoms with Crippen LogP contribution in [0.25, 0.3) is 0 Å². The smallest absolute Gasteiger partial charge is 0.272 e. The van der Waals surface area contributed by atoms with Gasteiger partial charge in [-0.05, 0) is 24.5 Å². The van der Waals surface area contributed by atoms with Crippen LogP contribution in [0.2, 0.25) is 0 Å². The predicted molar refractivity (Wildman–Crippen MR) is 108 cm³/mol. The van der Waals surface area contributed by atoms with E-state index in [-0.39, 0.29) is 30.6 Å². The van der Waals surface area contributed by atoms with Gasteiger partial charge in [-0.1, -0.05) is 43.7 Å². The lowest BCUT2D eigenvalue weighted by atomic mass is 10.1. The fraction of sp³-hybridized carbons (Fsp3) is 0.500. The van der Waals surface area contributed by atoms with Crippen molar-refractivity contribution < 1.29 is 14.3 Å². The highest BCUT2D eigenvalue weighted by atomic mass is 16.5. The molecule has 2 saturated heterocycles. The Hall–Kier alpha value is -2.67. The normalized spacial score (nSPS) is 21.5. The number of aromatic nitrogens is 2. The highest BCUT2D eigenvalue weighted by Crippen LogP contribution is 2.25. The van der Waals surface area contributed by atoms with Gasteiger partial charge in [-0.15, -0.1) is 0 Å². The number of amides is 2. The standard InChI is InChI=1S/C22H28N4O3/c1-3-7-17-12-18(24(2)23-17)22(28)25-13-19-20(14-25)29-15-21(27)26(19)11-10-16-8-5-4-6-9-16/h4-6,8-9,12,19-20H,3,7,10-11,13-15H2,1-2H3/t19-,20-/m0/s1. The van der Waals surface area contributed by atoms with Crippen LogP contribution in [0.15, 0.2) is 36.4 Å². The molecule has 0 saturated carbocycles. The van der Waals surface area contributed by atoms with E-state index in [1.807, 2.05) is 36.2 Å². The topological polar surface area (TPSA) is 67.7 Å². The molecular formula is C22H28N4O3. The number of rotatable bonds is 6. The Morgan fingerprint density at radius 2 is 2.00 bits per heavy atom. The number of hydrogen-bond acceptors (Lipinski definition) is 4. The van der Waals surface area contributed by atoms with E-state index < -0.39 is 0 Å². The summed E-state index contributed by atoms with van der Waals surface area (Å²) in [6.07, 6.45) is 2.52. The molecule has 2 aliphatic heterocycles. The van der Waals surface area contributed by atoms with Crippen molar-refractivity contribution in [2.45, 2.75) is 38.3 Å². The van der Waals surface area contributed by atoms with Crippen LogP contribution in [0.5, 0.6) is 0 Å². The largest absolute Gasteiger partial charge is 0.364 e. The maximum atomic E-state index is 13.1. The fourth-order valence-electron chi connectivity index (χ4n) is 4.28. The molecule has 0 radical (unpaired) electrons. The van der Waals surface area contributed by atoms with Crippen molar-refractivity contribution in [3.8, 4) is 0 Å². The highest BCUT2D eigenvalue weighted by molar-refractivity contribution is 5.93. The third kappa shape index (κ3) is 4.05. The van der Waals surface area contributed by atoms with E-state index in [4.69, 9.17) is 4.74 Å². The molecule has 2 amide bonds. The summed E-state index contributed by atoms with van der Waals surface area (Å²) < 4.78 is 7.44. The van der Waals surface area contributed by atoms with Crippen molar-refractivity contribution >= 4 is 11.8 Å². The van der Waals surface area contributed by atoms with Gasteiger partial charge in [-0.2, -0.15) is 5.10 Å². The lowest BCUT2D eigenvalue weighted by Gasteiger charge is -2.36. The molecule has 154 valence electrons. The van der Waals surface area contributed by atoms with Gasteiger partial charge < -0.3 is 14.5 Å². The van der Waals surface area contributed by atoms with Crippen molar-refractivity contribution in [1.29, 1.82) is 0 Å². The second-order valence-corrected chi connectivity index (χ2v) is 7.84. The lowest BCUT2D eigenvalue weighted by molar-refractivity contribution is -0.152. The van der Waals surface area contributed by atoms with Crippen LogP contribution < -0.4 is 0 Å². The van der Waals surface area contributed by atoms with Gasteiger partial charge in [0.1, 0.15) is 12.3 Å². The molecule has 7 heteroatoms. The van der Waals surface area contributed by atoms with Gasteiger partial charge in [0.25, 0.3) is 5.91 Å². The number of ether oxygens (including phenoxy) is 1. The summed E-state index contributed by atoms with van der Waals surface area (Å²) in [5, 5.41) is 4.45. The number of carbonyl (C=O) groups is 2. The quantitative estimate of drug-likeness (QED) is 0.745. The van der Waals surface area contributed by atoms with E-state index in [0.29, 0.717) is 25.3 Å². The number of nitrogens with zero attached hydrogens (tertiary/aromatic N) is 4. The molecule has 7 nitrogen and oxygen atoms in total. The van der Waals surface area contributed by atoms with Crippen molar-refractivity contribution in [2.75, 3.05) is 26.2 Å². The molecule has 1 aromatic heterocycles. The van der Waals surface area contributed by atoms with Crippen LogP contribution >= 0.6 is 0 Å². The van der Waals surface area contributed by atoms with Crippen molar-refractivity contribution in [3.63, 3.8) is 0 Å². The molecule has 2 fully saturated rings. The summed E-state index contributed by atoms with van der Waals surface area (Å²) in [7, 11) is 1.81. The number of carbonyl (C=O) groups excluding carboxylic acids is 2. The van der Waals surface area contributed by atoms with Gasteiger partial charge >= 0.3 is 0 Å². The molecule has 2 aliphatic rings. The van der Waals surface area contributed by atoms with E-state index in [1.54, 1.807) is 9.58 Å². The summed E-state index contributed by atoms with van der Waals surface area (Å²) in [6, 6.07) is 11.9. The molecule has 0 spiro atoms. The molecule has 0 bridgehead atoms. The molecule has 0 N–H and O–H groups in total. The number of morpholine rings is 1. The van der Waals surface area contributed by atoms with Crippen LogP contribution in [-0.4, -0.2) is 69.8 Å². The maximum absolute atomic E-state index is 13.1. The summed E-state index contributed by atoms with van der Waals surface area (Å²) in [6.45, 7) is 3.83. The van der Waals surface area contributed by atoms with Gasteiger partial charge in [0.05, 0.1) is 17.8 Å². The minimum atomic E-state index is -0.129. The zero-order valence-corrected chi connectivity index (χ0v) is 17.1. The summed E-state index contributed by atoms with van der Waals surface area (Å²) in [5.41, 5.74) is 2.73. The summed E-state index contributed by atoms with van der Waals surface area (Å²) in [5.74, 6) is -0.0435. The molecule has 4 rings (SSSR count). The van der Waals surface area contributed by atoms with Gasteiger partial charge in [0, 0.05) is 26.7 Å². The van der Waals surface area contributed by atoms with Crippen LogP contribution in [0.3, 0.4) is 0 Å². The first-order chi connectivity index (χ1) is 14.1. The third-order valence-electron chi connectivity index (χ3n) is 5.81. The minimum absolute atomic E-state index is 0.00208. The molecule has 29 heavy (non-hydrogen) atoms. The molecule has 3 heterocycles. The second kappa shape index (κ2) is 8.37. The van der Waals surface area contributed by atoms with E-state index >= 15 is 0 Å². The summed E-state index contributed by atoms with van der Waals surface area (Å²) >= 11 is 0. The summed E-state index contributed by atoms with van der Waals surface area (Å²) in [4.78, 5) is 29.3. The maximum Gasteiger partial charge on any atom is 0.272 e. The first kappa shape index (κ1) is 19.6. The van der Waals surface area contributed by atoms with Gasteiger partial charge in [-0.25, -0.2) is 0 Å². The number of benzene rings is 1. The van der Waals surface area contributed by atoms with Crippen LogP contribution in [0, 0.1) is 0 Å². The van der Waals surface area contributed by atoms with Crippen LogP contribution in [0.4, 0.5) is 0 Å². The van der Waals surface area contributed by atoms with Crippen LogP contribution in [0.1, 0.15) is 35.1 Å². The van der Waals surface area contributed by atoms with E-state index in [1.165, 1.54) is 5.56 Å². The van der Waals surface area contributed by atoms with Gasteiger partial charge in [0.15, 0.2) is 0 Å². The van der Waals surface area contributed by atoms with Gasteiger partial charge in [-0.3, -0.25) is 14.3 Å². The lowest BCUT2D eigenvalue weighted by Crippen LogP contribution is -2.54. The molecular weight excluding hydrogens is 368 g/mol. The highest BCUT2D eigenvalue weighted by Gasteiger charge is 2.44. The van der Waals surface area contributed by atoms with E-state index in [2.05, 4.69) is 24.2 Å². The first-order valence-corrected chi connectivity index (χ1v) is 10.3. The number of fused-ring (bicyclic) bond motifs is 1. The molecule has 0 aliphatic carbocycles. The van der Waals surface area contributed by atoms with Crippen molar-refractivity contribution in [3.05, 3.63) is 53.3 Å². The SMILES string of the molecule is CCCc1cc(C(=O)N2C[C@@H]3OCC(=O)N(CCc4ccccc4)[C@H]3C2)n(C)n1. The van der Waals surface area contributed by atoms with E-state index in [0.717, 1.165) is 25.0 Å². The minimum Gasteiger partial charge on any atom is -0.364 e. The Balaban J connectivity index is 1.45.